The number of ether oxygens (including phenoxy) is 3. The minimum atomic E-state index is -0.347. The highest BCUT2D eigenvalue weighted by molar-refractivity contribution is 8.00. The summed E-state index contributed by atoms with van der Waals surface area (Å²) in [5.41, 5.74) is 1.33. The molecule has 3 atom stereocenters. The van der Waals surface area contributed by atoms with Gasteiger partial charge in [0.05, 0.1) is 51.6 Å². The van der Waals surface area contributed by atoms with Gasteiger partial charge in [0.15, 0.2) is 5.11 Å². The molecule has 0 spiro atoms. The first-order chi connectivity index (χ1) is 29.5. The quantitative estimate of drug-likeness (QED) is 0.0194. The molecule has 336 valence electrons. The van der Waals surface area contributed by atoms with Crippen LogP contribution in [-0.4, -0.2) is 159 Å². The fraction of sp³-hybridized carbons (Fsp3) is 0.600. The number of unbranched alkanes of at least 4 members (excludes halogenated alkanes) is 1. The lowest BCUT2D eigenvalue weighted by Gasteiger charge is -2.18. The number of nitrogens with one attached hydrogen (secondary N) is 7. The molecule has 19 nitrogen and oxygen atoms in total. The van der Waals surface area contributed by atoms with Crippen molar-refractivity contribution in [2.75, 3.05) is 95.8 Å². The van der Waals surface area contributed by atoms with Crippen molar-refractivity contribution in [1.82, 2.24) is 36.4 Å². The number of likely N-dealkylation sites (N-methyl/N-ethyl adjacent to an activating group) is 1. The summed E-state index contributed by atoms with van der Waals surface area (Å²) in [6.07, 6.45) is 7.37. The summed E-state index contributed by atoms with van der Waals surface area (Å²) in [7, 11) is 1.54. The van der Waals surface area contributed by atoms with Crippen LogP contribution >= 0.6 is 24.0 Å². The Kier molecular flexibility index (Phi) is 21.8. The van der Waals surface area contributed by atoms with Gasteiger partial charge in [0.2, 0.25) is 23.6 Å². The second-order valence-electron chi connectivity index (χ2n) is 14.6. The number of amides is 8. The zero-order chi connectivity index (χ0) is 43.8. The average molecular weight is 896 g/mol. The van der Waals surface area contributed by atoms with Gasteiger partial charge in [0.25, 0.3) is 11.8 Å². The number of nitrogens with zero attached hydrogens (tertiary/aromatic N) is 2. The highest BCUT2D eigenvalue weighted by Gasteiger charge is 2.42. The molecule has 0 aromatic heterocycles. The van der Waals surface area contributed by atoms with Gasteiger partial charge < -0.3 is 56.3 Å². The number of carbonyl (C=O) groups excluding carboxylic acids is 7. The molecule has 0 saturated carbocycles. The van der Waals surface area contributed by atoms with Crippen LogP contribution in [0.15, 0.2) is 36.4 Å². The SMILES string of the molecule is CN(CC(=O)N[13CH2][13CH2][13CH2]OCCOCCO[13CH2][13CH2][13CH2]NC(=O)CCCN1C(=O)C=CC1=O)C(=O)CNC(=S)Nc1ccc(NC(=O)CCCC[C@@H]2SC[C@@H]3NC(=O)N[C@@H]32)cc1. The van der Waals surface area contributed by atoms with Gasteiger partial charge in [-0.2, -0.15) is 11.8 Å². The molecule has 21 heteroatoms. The number of thiocarbonyl (C=S) groups is 1. The first-order valence-electron chi connectivity index (χ1n) is 20.7. The largest absolute Gasteiger partial charge is 0.379 e. The first kappa shape index (κ1) is 48.8. The molecule has 0 bridgehead atoms. The standard InChI is InChI=1S/C40H59N9O10S2/c1-48(26-34(52)42-17-6-20-58-22-24-59-23-21-57-19-5-16-41-32(50)9-4-18-49-35(53)14-15-36(49)54)37(55)25-43-40(60)45-29-12-10-28(11-13-29)44-33(51)8-3-2-7-31-38-30(27-61-31)46-39(56)47-38/h10-15,30-31,38H,2-9,16-27H2,1H3,(H,41,50)(H,42,52)(H,44,51)(H2,43,45,60)(H2,46,47,56)/t30-,31-,38-/m0/s1/i5+1,6+1,16+1,17+1,19+1,20+1. The molecule has 0 radical (unpaired) electrons. The Labute approximate surface area is 365 Å². The predicted octanol–water partition coefficient (Wildman–Crippen LogP) is 0.863. The zero-order valence-electron chi connectivity index (χ0n) is 34.6. The zero-order valence-corrected chi connectivity index (χ0v) is 36.3. The van der Waals surface area contributed by atoms with Crippen molar-refractivity contribution in [2.45, 2.75) is 68.7 Å². The third-order valence-electron chi connectivity index (χ3n) is 9.72. The van der Waals surface area contributed by atoms with Crippen LogP contribution in [0.4, 0.5) is 16.2 Å². The molecule has 0 aliphatic carbocycles. The van der Waals surface area contributed by atoms with Crippen LogP contribution in [0.1, 0.15) is 51.4 Å². The van der Waals surface area contributed by atoms with Crippen molar-refractivity contribution in [3.63, 3.8) is 0 Å². The van der Waals surface area contributed by atoms with Gasteiger partial charge in [-0.25, -0.2) is 4.79 Å². The number of rotatable bonds is 29. The molecule has 7 N–H and O–H groups in total. The van der Waals surface area contributed by atoms with Gasteiger partial charge in [-0.05, 0) is 68.6 Å². The number of urea groups is 1. The van der Waals surface area contributed by atoms with E-state index in [1.807, 2.05) is 11.8 Å². The number of hydrogen-bond acceptors (Lipinski definition) is 12. The lowest BCUT2D eigenvalue weighted by Crippen LogP contribution is -2.44. The molecule has 2 fully saturated rings. The fourth-order valence-corrected chi connectivity index (χ4v) is 8.18. The molecule has 8 amide bonds. The third kappa shape index (κ3) is 18.8. The second-order valence-corrected chi connectivity index (χ2v) is 16.2. The number of carbonyl (C=O) groups is 7. The number of anilines is 2. The molecule has 61 heavy (non-hydrogen) atoms. The number of thioether (sulfide) groups is 1. The lowest BCUT2D eigenvalue weighted by molar-refractivity contribution is -0.137. The van der Waals surface area contributed by atoms with Crippen molar-refractivity contribution >= 4 is 81.9 Å². The van der Waals surface area contributed by atoms with E-state index in [0.717, 1.165) is 29.9 Å². The number of imide groups is 1. The maximum absolute atomic E-state index is 12.6. The first-order valence-corrected chi connectivity index (χ1v) is 22.1. The summed E-state index contributed by atoms with van der Waals surface area (Å²) in [4.78, 5) is 86.2. The van der Waals surface area contributed by atoms with Crippen molar-refractivity contribution in [2.24, 2.45) is 0 Å². The van der Waals surface area contributed by atoms with Crippen molar-refractivity contribution < 1.29 is 47.8 Å². The molecule has 3 aliphatic rings. The topological polar surface area (TPSA) is 238 Å². The van der Waals surface area contributed by atoms with Gasteiger partial charge in [0.1, 0.15) is 0 Å². The van der Waals surface area contributed by atoms with Gasteiger partial charge in [-0.1, -0.05) is 6.42 Å². The minimum Gasteiger partial charge on any atom is -0.379 e. The Hall–Kier alpha value is -4.83. The van der Waals surface area contributed by atoms with Crippen LogP contribution in [0.25, 0.3) is 0 Å². The van der Waals surface area contributed by atoms with E-state index in [1.165, 1.54) is 24.1 Å². The molecule has 0 unspecified atom stereocenters. The van der Waals surface area contributed by atoms with E-state index < -0.39 is 0 Å². The summed E-state index contributed by atoms with van der Waals surface area (Å²) in [5.74, 6) is -0.587. The minimum absolute atomic E-state index is 0.0634. The number of fused-ring (bicyclic) bond motifs is 1. The van der Waals surface area contributed by atoms with Gasteiger partial charge >= 0.3 is 6.03 Å². The summed E-state index contributed by atoms with van der Waals surface area (Å²) in [6, 6.07) is 7.35. The van der Waals surface area contributed by atoms with E-state index in [4.69, 9.17) is 26.4 Å². The molecular weight excluding hydrogens is 837 g/mol. The van der Waals surface area contributed by atoms with Gasteiger partial charge in [-0.3, -0.25) is 33.7 Å². The van der Waals surface area contributed by atoms with Crippen molar-refractivity contribution in [3.8, 4) is 0 Å². The average Bonchev–Trinajstić information content (AvgIpc) is 3.90. The van der Waals surface area contributed by atoms with Crippen LogP contribution in [-0.2, 0) is 43.0 Å². The highest BCUT2D eigenvalue weighted by atomic mass is 32.2. The predicted molar refractivity (Wildman–Crippen MR) is 234 cm³/mol. The molecule has 1 aromatic rings. The van der Waals surface area contributed by atoms with Gasteiger partial charge in [-0.15, -0.1) is 0 Å². The normalized spacial score (nSPS) is 17.7. The van der Waals surface area contributed by atoms with E-state index in [9.17, 15) is 33.6 Å². The Bertz CT molecular complexity index is 1670. The maximum atomic E-state index is 12.6. The Balaban J connectivity index is 0.896. The van der Waals surface area contributed by atoms with E-state index >= 15 is 0 Å². The Morgan fingerprint density at radius 1 is 0.754 bits per heavy atom. The van der Waals surface area contributed by atoms with E-state index in [0.29, 0.717) is 95.0 Å². The summed E-state index contributed by atoms with van der Waals surface area (Å²) in [5, 5.41) is 20.9. The number of hydrogen-bond donors (Lipinski definition) is 7. The molecular formula is C40H59N9O10S2. The summed E-state index contributed by atoms with van der Waals surface area (Å²) < 4.78 is 16.5. The van der Waals surface area contributed by atoms with Crippen LogP contribution in [0.2, 0.25) is 0 Å². The molecule has 3 heterocycles. The highest BCUT2D eigenvalue weighted by Crippen LogP contribution is 2.33. The monoisotopic (exact) mass is 895 g/mol. The number of benzene rings is 1. The maximum Gasteiger partial charge on any atom is 0.315 e. The molecule has 1 aromatic carbocycles. The van der Waals surface area contributed by atoms with Crippen molar-refractivity contribution in [1.29, 1.82) is 0 Å². The molecule has 4 rings (SSSR count). The molecule has 3 aliphatic heterocycles. The Morgan fingerprint density at radius 2 is 1.34 bits per heavy atom. The van der Waals surface area contributed by atoms with Crippen LogP contribution in [0.5, 0.6) is 0 Å². The van der Waals surface area contributed by atoms with Crippen LogP contribution in [0.3, 0.4) is 0 Å². The van der Waals surface area contributed by atoms with Crippen molar-refractivity contribution in [3.05, 3.63) is 36.4 Å². The summed E-state index contributed by atoms with van der Waals surface area (Å²) in [6.45, 7) is 3.37. The van der Waals surface area contributed by atoms with Crippen LogP contribution in [0, 0.1) is 0 Å². The lowest BCUT2D eigenvalue weighted by atomic mass is 10.0. The van der Waals surface area contributed by atoms with E-state index in [2.05, 4.69) is 37.2 Å². The second kappa shape index (κ2) is 27.2. The third-order valence-corrected chi connectivity index (χ3v) is 11.5. The van der Waals surface area contributed by atoms with Crippen LogP contribution < -0.4 is 37.2 Å². The fourth-order valence-electron chi connectivity index (χ4n) is 6.44. The van der Waals surface area contributed by atoms with E-state index in [-0.39, 0.29) is 84.7 Å². The van der Waals surface area contributed by atoms with E-state index in [1.54, 1.807) is 24.3 Å². The molecule has 2 saturated heterocycles. The summed E-state index contributed by atoms with van der Waals surface area (Å²) >= 11 is 7.19. The Morgan fingerprint density at radius 3 is 2.00 bits per heavy atom. The van der Waals surface area contributed by atoms with Gasteiger partial charge in [0, 0.05) is 87.3 Å². The smallest absolute Gasteiger partial charge is 0.315 e.